The summed E-state index contributed by atoms with van der Waals surface area (Å²) in [6.07, 6.45) is 0. The molecule has 90 valence electrons. The fourth-order valence-electron chi connectivity index (χ4n) is 2.58. The number of hydrogen-bond donors (Lipinski definition) is 1. The zero-order chi connectivity index (χ0) is 11.4. The van der Waals surface area contributed by atoms with Gasteiger partial charge >= 0.3 is 0 Å². The molecule has 0 spiro atoms. The van der Waals surface area contributed by atoms with E-state index >= 15 is 0 Å². The van der Waals surface area contributed by atoms with E-state index in [-0.39, 0.29) is 0 Å². The Hall–Kier alpha value is -0.120. The fraction of sp³-hybridized carbons (Fsp3) is 1.00. The van der Waals surface area contributed by atoms with Gasteiger partial charge in [0.05, 0.1) is 0 Å². The maximum Gasteiger partial charge on any atom is 0.0198 e. The minimum atomic E-state index is 0.682. The second kappa shape index (κ2) is 5.83. The second-order valence-electron chi connectivity index (χ2n) is 5.12. The van der Waals surface area contributed by atoms with Gasteiger partial charge in [-0.15, -0.1) is 0 Å². The molecule has 0 aromatic carbocycles. The molecule has 3 heteroatoms. The predicted molar refractivity (Wildman–Crippen MR) is 66.2 cm³/mol. The third kappa shape index (κ3) is 3.44. The molecular formula is C12H27N3. The van der Waals surface area contributed by atoms with Crippen LogP contribution in [-0.2, 0) is 0 Å². The summed E-state index contributed by atoms with van der Waals surface area (Å²) >= 11 is 0. The number of likely N-dealkylation sites (N-methyl/N-ethyl adjacent to an activating group) is 1. The van der Waals surface area contributed by atoms with Gasteiger partial charge in [-0.25, -0.2) is 0 Å². The summed E-state index contributed by atoms with van der Waals surface area (Å²) in [5.74, 6) is 0.723. The average molecular weight is 213 g/mol. The van der Waals surface area contributed by atoms with E-state index in [1.165, 1.54) is 19.6 Å². The van der Waals surface area contributed by atoms with Gasteiger partial charge in [0.25, 0.3) is 0 Å². The zero-order valence-corrected chi connectivity index (χ0v) is 11.0. The summed E-state index contributed by atoms with van der Waals surface area (Å²) in [5.41, 5.74) is 0. The first-order valence-corrected chi connectivity index (χ1v) is 6.15. The van der Waals surface area contributed by atoms with Crippen LogP contribution in [0.1, 0.15) is 20.8 Å². The highest BCUT2D eigenvalue weighted by Gasteiger charge is 2.27. The minimum Gasteiger partial charge on any atom is -0.319 e. The topological polar surface area (TPSA) is 18.5 Å². The lowest BCUT2D eigenvalue weighted by atomic mass is 9.99. The van der Waals surface area contributed by atoms with Crippen molar-refractivity contribution in [1.29, 1.82) is 0 Å². The van der Waals surface area contributed by atoms with Crippen LogP contribution in [0.2, 0.25) is 0 Å². The SMILES string of the molecule is CNCC(C)C(C)N1CCN(C)CC1C. The van der Waals surface area contributed by atoms with Gasteiger partial charge in [-0.1, -0.05) is 6.92 Å². The molecule has 1 aliphatic rings. The van der Waals surface area contributed by atoms with Crippen LogP contribution in [0, 0.1) is 5.92 Å². The van der Waals surface area contributed by atoms with E-state index < -0.39 is 0 Å². The molecule has 0 aromatic heterocycles. The van der Waals surface area contributed by atoms with Crippen molar-refractivity contribution in [2.24, 2.45) is 5.92 Å². The number of rotatable bonds is 4. The van der Waals surface area contributed by atoms with Gasteiger partial charge < -0.3 is 10.2 Å². The monoisotopic (exact) mass is 213 g/mol. The normalized spacial score (nSPS) is 29.0. The molecule has 3 unspecified atom stereocenters. The minimum absolute atomic E-state index is 0.682. The molecule has 1 saturated heterocycles. The molecule has 1 N–H and O–H groups in total. The predicted octanol–water partition coefficient (Wildman–Crippen LogP) is 0.866. The molecule has 15 heavy (non-hydrogen) atoms. The third-order valence-corrected chi connectivity index (χ3v) is 3.75. The molecule has 1 aliphatic heterocycles. The lowest BCUT2D eigenvalue weighted by Crippen LogP contribution is -2.55. The Kier molecular flexibility index (Phi) is 5.03. The van der Waals surface area contributed by atoms with Crippen LogP contribution < -0.4 is 5.32 Å². The lowest BCUT2D eigenvalue weighted by molar-refractivity contribution is 0.0473. The summed E-state index contributed by atoms with van der Waals surface area (Å²) < 4.78 is 0. The van der Waals surface area contributed by atoms with Crippen molar-refractivity contribution in [2.75, 3.05) is 40.3 Å². The van der Waals surface area contributed by atoms with Gasteiger partial charge in [-0.3, -0.25) is 4.90 Å². The molecule has 0 bridgehead atoms. The maximum absolute atomic E-state index is 3.27. The number of nitrogens with one attached hydrogen (secondary N) is 1. The molecule has 0 saturated carbocycles. The number of hydrogen-bond acceptors (Lipinski definition) is 3. The first kappa shape index (κ1) is 12.9. The van der Waals surface area contributed by atoms with Crippen LogP contribution in [0.3, 0.4) is 0 Å². The summed E-state index contributed by atoms with van der Waals surface area (Å²) in [4.78, 5) is 5.08. The number of nitrogens with zero attached hydrogens (tertiary/aromatic N) is 2. The maximum atomic E-state index is 3.27. The molecule has 1 fully saturated rings. The van der Waals surface area contributed by atoms with Crippen LogP contribution in [0.4, 0.5) is 0 Å². The van der Waals surface area contributed by atoms with E-state index in [0.717, 1.165) is 12.5 Å². The largest absolute Gasteiger partial charge is 0.319 e. The average Bonchev–Trinajstić information content (AvgIpc) is 2.17. The van der Waals surface area contributed by atoms with Crippen LogP contribution in [0.15, 0.2) is 0 Å². The smallest absolute Gasteiger partial charge is 0.0198 e. The molecule has 3 nitrogen and oxygen atoms in total. The van der Waals surface area contributed by atoms with Gasteiger partial charge in [-0.05, 0) is 40.4 Å². The lowest BCUT2D eigenvalue weighted by Gasteiger charge is -2.43. The van der Waals surface area contributed by atoms with Crippen LogP contribution in [-0.4, -0.2) is 62.2 Å². The second-order valence-corrected chi connectivity index (χ2v) is 5.12. The van der Waals surface area contributed by atoms with Crippen LogP contribution in [0.25, 0.3) is 0 Å². The molecule has 0 aromatic rings. The van der Waals surface area contributed by atoms with Crippen molar-refractivity contribution in [3.8, 4) is 0 Å². The summed E-state index contributed by atoms with van der Waals surface area (Å²) in [6.45, 7) is 11.8. The van der Waals surface area contributed by atoms with Crippen molar-refractivity contribution >= 4 is 0 Å². The summed E-state index contributed by atoms with van der Waals surface area (Å²) in [7, 11) is 4.26. The van der Waals surface area contributed by atoms with Gasteiger partial charge in [0.2, 0.25) is 0 Å². The zero-order valence-electron chi connectivity index (χ0n) is 11.0. The van der Waals surface area contributed by atoms with E-state index in [2.05, 4.69) is 42.9 Å². The molecule has 0 amide bonds. The highest BCUT2D eigenvalue weighted by molar-refractivity contribution is 4.83. The van der Waals surface area contributed by atoms with Gasteiger partial charge in [0.15, 0.2) is 0 Å². The Morgan fingerprint density at radius 1 is 1.33 bits per heavy atom. The molecule has 1 heterocycles. The van der Waals surface area contributed by atoms with E-state index in [0.29, 0.717) is 12.1 Å². The Balaban J connectivity index is 2.47. The van der Waals surface area contributed by atoms with Gasteiger partial charge in [0.1, 0.15) is 0 Å². The van der Waals surface area contributed by atoms with Crippen LogP contribution >= 0.6 is 0 Å². The highest BCUT2D eigenvalue weighted by atomic mass is 15.3. The molecular weight excluding hydrogens is 186 g/mol. The van der Waals surface area contributed by atoms with E-state index in [4.69, 9.17) is 0 Å². The highest BCUT2D eigenvalue weighted by Crippen LogP contribution is 2.17. The van der Waals surface area contributed by atoms with E-state index in [9.17, 15) is 0 Å². The van der Waals surface area contributed by atoms with Gasteiger partial charge in [0, 0.05) is 31.7 Å². The van der Waals surface area contributed by atoms with Crippen molar-refractivity contribution in [2.45, 2.75) is 32.9 Å². The van der Waals surface area contributed by atoms with Crippen molar-refractivity contribution < 1.29 is 0 Å². The Labute approximate surface area is 94.8 Å². The van der Waals surface area contributed by atoms with Crippen molar-refractivity contribution in [3.63, 3.8) is 0 Å². The first-order valence-electron chi connectivity index (χ1n) is 6.15. The number of piperazine rings is 1. The Morgan fingerprint density at radius 2 is 2.00 bits per heavy atom. The molecule has 0 aliphatic carbocycles. The van der Waals surface area contributed by atoms with Crippen molar-refractivity contribution in [1.82, 2.24) is 15.1 Å². The van der Waals surface area contributed by atoms with Gasteiger partial charge in [-0.2, -0.15) is 0 Å². The summed E-state index contributed by atoms with van der Waals surface area (Å²) in [6, 6.07) is 1.37. The fourth-order valence-corrected chi connectivity index (χ4v) is 2.58. The molecule has 3 atom stereocenters. The first-order chi connectivity index (χ1) is 7.06. The van der Waals surface area contributed by atoms with E-state index in [1.54, 1.807) is 0 Å². The Morgan fingerprint density at radius 3 is 2.53 bits per heavy atom. The standard InChI is InChI=1S/C12H27N3/c1-10(8-13-4)12(3)15-7-6-14(5)9-11(15)2/h10-13H,6-9H2,1-5H3. The quantitative estimate of drug-likeness (QED) is 0.747. The third-order valence-electron chi connectivity index (χ3n) is 3.75. The van der Waals surface area contributed by atoms with Crippen molar-refractivity contribution in [3.05, 3.63) is 0 Å². The molecule has 1 rings (SSSR count). The van der Waals surface area contributed by atoms with E-state index in [1.807, 2.05) is 7.05 Å². The summed E-state index contributed by atoms with van der Waals surface area (Å²) in [5, 5.41) is 3.27. The molecule has 0 radical (unpaired) electrons. The van der Waals surface area contributed by atoms with Crippen LogP contribution in [0.5, 0.6) is 0 Å². The Bertz CT molecular complexity index is 184.